The fourth-order valence-corrected chi connectivity index (χ4v) is 3.32. The van der Waals surface area contributed by atoms with Crippen molar-refractivity contribution in [2.75, 3.05) is 6.54 Å². The molecular weight excluding hydrogens is 381 g/mol. The van der Waals surface area contributed by atoms with Crippen LogP contribution in [0.15, 0.2) is 26.6 Å². The lowest BCUT2D eigenvalue weighted by Gasteiger charge is -2.32. The molecule has 3 rings (SSSR count). The van der Waals surface area contributed by atoms with Crippen LogP contribution in [0, 0.1) is 0 Å². The molecule has 12 nitrogen and oxygen atoms in total. The molecule has 5 N–H and O–H groups in total. The number of phosphoric acid groups is 1. The topological polar surface area (TPSA) is 169 Å². The summed E-state index contributed by atoms with van der Waals surface area (Å²) in [5.74, 6) is 0.585. The summed E-state index contributed by atoms with van der Waals surface area (Å²) in [6.07, 6.45) is -1.75. The average molecular weight is 403 g/mol. The van der Waals surface area contributed by atoms with Crippen LogP contribution in [-0.2, 0) is 13.8 Å². The van der Waals surface area contributed by atoms with Crippen molar-refractivity contribution in [1.82, 2.24) is 10.2 Å². The maximum Gasteiger partial charge on any atom is 0.472 e. The summed E-state index contributed by atoms with van der Waals surface area (Å²) < 4.78 is 20.7. The Morgan fingerprint density at radius 3 is 2.81 bits per heavy atom. The Hall–Kier alpha value is -1.66. The van der Waals surface area contributed by atoms with Gasteiger partial charge in [0.05, 0.1) is 19.2 Å². The van der Waals surface area contributed by atoms with Crippen LogP contribution in [0.1, 0.15) is 13.8 Å². The van der Waals surface area contributed by atoms with E-state index in [1.807, 2.05) is 19.9 Å². The fourth-order valence-electron chi connectivity index (χ4n) is 2.87. The molecule has 0 amide bonds. The van der Waals surface area contributed by atoms with Gasteiger partial charge in [0.15, 0.2) is 18.7 Å². The van der Waals surface area contributed by atoms with Crippen LogP contribution < -0.4 is 5.32 Å². The molecule has 0 spiro atoms. The van der Waals surface area contributed by atoms with Crippen LogP contribution in [0.2, 0.25) is 0 Å². The Labute approximate surface area is 155 Å². The van der Waals surface area contributed by atoms with E-state index < -0.39 is 44.8 Å². The van der Waals surface area contributed by atoms with Crippen molar-refractivity contribution in [2.24, 2.45) is 15.0 Å². The minimum Gasteiger partial charge on any atom is -0.385 e. The first-order chi connectivity index (χ1) is 12.7. The number of aliphatic hydroxyl groups excluding tert-OH is 2. The van der Waals surface area contributed by atoms with Gasteiger partial charge in [-0.05, 0) is 13.8 Å². The van der Waals surface area contributed by atoms with E-state index in [4.69, 9.17) is 14.5 Å². The van der Waals surface area contributed by atoms with Crippen molar-refractivity contribution in [1.29, 1.82) is 0 Å². The van der Waals surface area contributed by atoms with E-state index in [-0.39, 0.29) is 0 Å². The second-order valence-corrected chi connectivity index (χ2v) is 7.66. The molecule has 0 unspecified atom stereocenters. The van der Waals surface area contributed by atoms with Gasteiger partial charge in [0.25, 0.3) is 0 Å². The van der Waals surface area contributed by atoms with Gasteiger partial charge in [0.2, 0.25) is 0 Å². The summed E-state index contributed by atoms with van der Waals surface area (Å²) in [5, 5.41) is 23.1. The van der Waals surface area contributed by atoms with Crippen molar-refractivity contribution in [3.05, 3.63) is 11.6 Å². The van der Waals surface area contributed by atoms with Crippen LogP contribution in [0.5, 0.6) is 0 Å². The third-order valence-corrected chi connectivity index (χ3v) is 4.64. The maximum absolute atomic E-state index is 11.0. The van der Waals surface area contributed by atoms with Crippen molar-refractivity contribution < 1.29 is 33.8 Å². The summed E-state index contributed by atoms with van der Waals surface area (Å²) in [5.41, 5.74) is 1.13. The number of ether oxygens (including phenoxy) is 1. The molecule has 3 aliphatic heterocycles. The number of aliphatic hydroxyl groups is 2. The zero-order valence-corrected chi connectivity index (χ0v) is 15.5. The van der Waals surface area contributed by atoms with Crippen molar-refractivity contribution in [3.8, 4) is 0 Å². The zero-order valence-electron chi connectivity index (χ0n) is 14.7. The Bertz CT molecular complexity index is 731. The number of nitrogens with zero attached hydrogens (tertiary/aromatic N) is 4. The molecule has 6 atom stereocenters. The number of hydrogen-bond acceptors (Lipinski definition) is 9. The third kappa shape index (κ3) is 4.43. The minimum absolute atomic E-state index is 0.463. The molecule has 0 bridgehead atoms. The number of phosphoric ester groups is 1. The molecule has 1 fully saturated rings. The molecule has 0 aromatic heterocycles. The monoisotopic (exact) mass is 403 g/mol. The summed E-state index contributed by atoms with van der Waals surface area (Å²) in [4.78, 5) is 32.3. The number of rotatable bonds is 5. The Balaban J connectivity index is 1.73. The molecule has 3 heterocycles. The van der Waals surface area contributed by atoms with E-state index in [0.29, 0.717) is 12.4 Å². The first-order valence-electron chi connectivity index (χ1n) is 8.19. The molecule has 0 saturated carbocycles. The normalized spacial score (nSPS) is 36.8. The summed E-state index contributed by atoms with van der Waals surface area (Å²) in [7, 11) is -4.91. The lowest BCUT2D eigenvalue weighted by molar-refractivity contribution is -0.143. The van der Waals surface area contributed by atoms with Gasteiger partial charge in [-0.2, -0.15) is 0 Å². The molecule has 150 valence electrons. The van der Waals surface area contributed by atoms with Crippen LogP contribution >= 0.6 is 7.82 Å². The SMILES string of the molecule is CC(C)=CCN=C1NC=N[C@H]2[C@@H]1N=CN2[C@@H]1O[C@H](OP(=O)(O)O)[C@H](O)[C@@H]1O. The van der Waals surface area contributed by atoms with Gasteiger partial charge in [-0.1, -0.05) is 11.6 Å². The molecule has 0 aromatic carbocycles. The van der Waals surface area contributed by atoms with Gasteiger partial charge in [0, 0.05) is 0 Å². The van der Waals surface area contributed by atoms with E-state index in [2.05, 4.69) is 24.8 Å². The van der Waals surface area contributed by atoms with Crippen molar-refractivity contribution in [3.63, 3.8) is 0 Å². The highest BCUT2D eigenvalue weighted by atomic mass is 31.2. The molecule has 1 saturated heterocycles. The lowest BCUT2D eigenvalue weighted by Crippen LogP contribution is -2.53. The van der Waals surface area contributed by atoms with Crippen LogP contribution in [0.4, 0.5) is 0 Å². The van der Waals surface area contributed by atoms with E-state index in [1.165, 1.54) is 17.6 Å². The smallest absolute Gasteiger partial charge is 0.385 e. The standard InChI is InChI=1S/C14H22N5O7P/c1-7(2)3-4-15-11-8-12(17-5-16-11)19(6-18-8)13-9(20)10(21)14(25-13)26-27(22,23)24/h3,5-6,8-10,12-14,20-21H,4H2,1-2H3,(H,15,16,17)(H2,22,23,24)/t8-,9+,10-,12-,13-,14-/m1/s1. The molecule has 3 aliphatic rings. The summed E-state index contributed by atoms with van der Waals surface area (Å²) >= 11 is 0. The quantitative estimate of drug-likeness (QED) is 0.272. The molecule has 27 heavy (non-hydrogen) atoms. The van der Waals surface area contributed by atoms with E-state index in [0.717, 1.165) is 5.57 Å². The first kappa shape index (κ1) is 20.1. The van der Waals surface area contributed by atoms with Gasteiger partial charge in [-0.25, -0.2) is 9.56 Å². The Kier molecular flexibility index (Phi) is 5.77. The van der Waals surface area contributed by atoms with E-state index in [1.54, 1.807) is 0 Å². The molecule has 0 radical (unpaired) electrons. The van der Waals surface area contributed by atoms with Crippen LogP contribution in [0.3, 0.4) is 0 Å². The van der Waals surface area contributed by atoms with Crippen molar-refractivity contribution >= 4 is 26.3 Å². The second kappa shape index (κ2) is 7.76. The Morgan fingerprint density at radius 2 is 2.15 bits per heavy atom. The van der Waals surface area contributed by atoms with Gasteiger partial charge in [-0.15, -0.1) is 0 Å². The highest BCUT2D eigenvalue weighted by molar-refractivity contribution is 7.46. The third-order valence-electron chi connectivity index (χ3n) is 4.16. The number of nitrogens with one attached hydrogen (secondary N) is 1. The van der Waals surface area contributed by atoms with Gasteiger partial charge >= 0.3 is 7.82 Å². The molecule has 0 aliphatic carbocycles. The Morgan fingerprint density at radius 1 is 1.41 bits per heavy atom. The van der Waals surface area contributed by atoms with E-state index in [9.17, 15) is 14.8 Å². The molecular formula is C14H22N5O7P. The number of fused-ring (bicyclic) bond motifs is 1. The fraction of sp³-hybridized carbons (Fsp3) is 0.643. The highest BCUT2D eigenvalue weighted by Crippen LogP contribution is 2.42. The predicted octanol–water partition coefficient (Wildman–Crippen LogP) is -1.47. The largest absolute Gasteiger partial charge is 0.472 e. The second-order valence-electron chi connectivity index (χ2n) is 6.47. The van der Waals surface area contributed by atoms with Crippen LogP contribution in [-0.4, -0.2) is 86.9 Å². The maximum atomic E-state index is 11.0. The zero-order chi connectivity index (χ0) is 19.8. The van der Waals surface area contributed by atoms with Gasteiger partial charge in [-0.3, -0.25) is 14.5 Å². The number of amidine groups is 1. The summed E-state index contributed by atoms with van der Waals surface area (Å²) in [6.45, 7) is 4.40. The van der Waals surface area contributed by atoms with Crippen LogP contribution in [0.25, 0.3) is 0 Å². The lowest BCUT2D eigenvalue weighted by atomic mass is 10.1. The number of allylic oxidation sites excluding steroid dienone is 1. The average Bonchev–Trinajstić information content (AvgIpc) is 3.10. The number of hydrogen-bond donors (Lipinski definition) is 5. The summed E-state index contributed by atoms with van der Waals surface area (Å²) in [6, 6.07) is -0.463. The predicted molar refractivity (Wildman–Crippen MR) is 95.1 cm³/mol. The molecule has 0 aromatic rings. The minimum atomic E-state index is -4.91. The number of aliphatic imine (C=N–C) groups is 3. The highest BCUT2D eigenvalue weighted by Gasteiger charge is 2.52. The molecule has 13 heteroatoms. The van der Waals surface area contributed by atoms with Gasteiger partial charge < -0.3 is 35.0 Å². The van der Waals surface area contributed by atoms with Gasteiger partial charge in [0.1, 0.15) is 24.1 Å². The van der Waals surface area contributed by atoms with Crippen molar-refractivity contribution in [2.45, 2.75) is 50.8 Å². The first-order valence-corrected chi connectivity index (χ1v) is 9.72. The van der Waals surface area contributed by atoms with E-state index >= 15 is 0 Å².